The van der Waals surface area contributed by atoms with Gasteiger partial charge in [-0.25, -0.2) is 8.42 Å². The molecule has 7 heteroatoms. The Kier molecular flexibility index (Phi) is 6.97. The van der Waals surface area contributed by atoms with E-state index in [0.717, 1.165) is 5.56 Å². The van der Waals surface area contributed by atoms with Crippen molar-refractivity contribution in [3.63, 3.8) is 0 Å². The summed E-state index contributed by atoms with van der Waals surface area (Å²) in [4.78, 5) is 12.6. The summed E-state index contributed by atoms with van der Waals surface area (Å²) < 4.78 is 32.0. The van der Waals surface area contributed by atoms with Crippen LogP contribution in [-0.2, 0) is 10.0 Å². The van der Waals surface area contributed by atoms with Gasteiger partial charge in [-0.05, 0) is 60.0 Å². The van der Waals surface area contributed by atoms with Crippen LogP contribution in [0.5, 0.6) is 5.75 Å². The van der Waals surface area contributed by atoms with Gasteiger partial charge in [-0.15, -0.1) is 0 Å². The van der Waals surface area contributed by atoms with Crippen LogP contribution in [0.2, 0.25) is 0 Å². The first-order valence-electron chi connectivity index (χ1n) is 9.89. The number of ether oxygens (including phenoxy) is 1. The summed E-state index contributed by atoms with van der Waals surface area (Å²) in [6, 6.07) is 22.7. The van der Waals surface area contributed by atoms with Crippen LogP contribution in [0.3, 0.4) is 0 Å². The fraction of sp³-hybridized carbons (Fsp3) is 0.208. The van der Waals surface area contributed by atoms with E-state index in [0.29, 0.717) is 23.5 Å². The van der Waals surface area contributed by atoms with Gasteiger partial charge in [0.1, 0.15) is 5.75 Å². The van der Waals surface area contributed by atoms with Crippen molar-refractivity contribution in [3.8, 4) is 5.75 Å². The number of hydrogen-bond donors (Lipinski definition) is 1. The fourth-order valence-corrected chi connectivity index (χ4v) is 4.31. The SMILES string of the molecule is COc1ccc(S(=O)(=O)N(C)c2ccc(C(=O)NC[C@@H](C)c3ccccc3)cc2)cc1. The Morgan fingerprint density at radius 3 is 2.16 bits per heavy atom. The van der Waals surface area contributed by atoms with Crippen molar-refractivity contribution >= 4 is 21.6 Å². The van der Waals surface area contributed by atoms with E-state index >= 15 is 0 Å². The van der Waals surface area contributed by atoms with Gasteiger partial charge in [-0.2, -0.15) is 0 Å². The Labute approximate surface area is 183 Å². The number of anilines is 1. The maximum Gasteiger partial charge on any atom is 0.264 e. The van der Waals surface area contributed by atoms with Crippen molar-refractivity contribution in [2.75, 3.05) is 25.0 Å². The van der Waals surface area contributed by atoms with E-state index < -0.39 is 10.0 Å². The molecule has 6 nitrogen and oxygen atoms in total. The molecule has 1 N–H and O–H groups in total. The number of nitrogens with one attached hydrogen (secondary N) is 1. The van der Waals surface area contributed by atoms with Crippen molar-refractivity contribution in [3.05, 3.63) is 90.0 Å². The Balaban J connectivity index is 1.66. The molecular formula is C24H26N2O4S. The highest BCUT2D eigenvalue weighted by Crippen LogP contribution is 2.24. The second kappa shape index (κ2) is 9.66. The number of carbonyl (C=O) groups excluding carboxylic acids is 1. The maximum atomic E-state index is 12.9. The largest absolute Gasteiger partial charge is 0.497 e. The summed E-state index contributed by atoms with van der Waals surface area (Å²) in [5.74, 6) is 0.568. The normalized spacial score (nSPS) is 12.1. The van der Waals surface area contributed by atoms with Gasteiger partial charge in [0.25, 0.3) is 15.9 Å². The van der Waals surface area contributed by atoms with Gasteiger partial charge in [0, 0.05) is 19.2 Å². The quantitative estimate of drug-likeness (QED) is 0.576. The zero-order valence-electron chi connectivity index (χ0n) is 17.8. The molecule has 0 heterocycles. The molecule has 0 saturated carbocycles. The predicted octanol–water partition coefficient (Wildman–Crippen LogP) is 4.05. The van der Waals surface area contributed by atoms with Crippen molar-refractivity contribution < 1.29 is 17.9 Å². The van der Waals surface area contributed by atoms with E-state index in [4.69, 9.17) is 4.74 Å². The minimum Gasteiger partial charge on any atom is -0.497 e. The first-order valence-corrected chi connectivity index (χ1v) is 11.3. The smallest absolute Gasteiger partial charge is 0.264 e. The molecule has 0 bridgehead atoms. The first kappa shape index (κ1) is 22.4. The number of benzene rings is 3. The third kappa shape index (κ3) is 5.24. The molecule has 162 valence electrons. The molecule has 0 unspecified atom stereocenters. The number of methoxy groups -OCH3 is 1. The fourth-order valence-electron chi connectivity index (χ4n) is 3.11. The van der Waals surface area contributed by atoms with Gasteiger partial charge in [0.2, 0.25) is 0 Å². The molecule has 0 fully saturated rings. The number of amides is 1. The lowest BCUT2D eigenvalue weighted by Gasteiger charge is -2.20. The molecule has 3 rings (SSSR count). The lowest BCUT2D eigenvalue weighted by atomic mass is 10.0. The van der Waals surface area contributed by atoms with Crippen LogP contribution >= 0.6 is 0 Å². The Morgan fingerprint density at radius 1 is 0.968 bits per heavy atom. The highest BCUT2D eigenvalue weighted by atomic mass is 32.2. The Hall–Kier alpha value is -3.32. The topological polar surface area (TPSA) is 75.7 Å². The average molecular weight is 439 g/mol. The zero-order valence-corrected chi connectivity index (χ0v) is 18.6. The molecule has 1 amide bonds. The summed E-state index contributed by atoms with van der Waals surface area (Å²) in [5, 5.41) is 2.93. The summed E-state index contributed by atoms with van der Waals surface area (Å²) in [7, 11) is -0.719. The molecule has 0 spiro atoms. The van der Waals surface area contributed by atoms with Crippen LogP contribution in [0.15, 0.2) is 83.8 Å². The summed E-state index contributed by atoms with van der Waals surface area (Å²) in [6.07, 6.45) is 0. The summed E-state index contributed by atoms with van der Waals surface area (Å²) >= 11 is 0. The van der Waals surface area contributed by atoms with E-state index in [-0.39, 0.29) is 16.7 Å². The standard InChI is InChI=1S/C24H26N2O4S/c1-18(19-7-5-4-6-8-19)17-25-24(27)20-9-11-21(12-10-20)26(2)31(28,29)23-15-13-22(30-3)14-16-23/h4-16,18H,17H2,1-3H3,(H,25,27)/t18-/m1/s1. The summed E-state index contributed by atoms with van der Waals surface area (Å²) in [5.41, 5.74) is 2.09. The first-order chi connectivity index (χ1) is 14.8. The van der Waals surface area contributed by atoms with Crippen LogP contribution in [0.1, 0.15) is 28.8 Å². The molecule has 0 aromatic heterocycles. The summed E-state index contributed by atoms with van der Waals surface area (Å²) in [6.45, 7) is 2.56. The second-order valence-corrected chi connectivity index (χ2v) is 9.19. The Bertz CT molecular complexity index is 1110. The van der Waals surface area contributed by atoms with Crippen LogP contribution in [0, 0.1) is 0 Å². The van der Waals surface area contributed by atoms with Gasteiger partial charge >= 0.3 is 0 Å². The number of carbonyl (C=O) groups is 1. The number of nitrogens with zero attached hydrogens (tertiary/aromatic N) is 1. The monoisotopic (exact) mass is 438 g/mol. The number of rotatable bonds is 8. The maximum absolute atomic E-state index is 12.9. The molecule has 3 aromatic rings. The minimum absolute atomic E-state index is 0.160. The lowest BCUT2D eigenvalue weighted by Crippen LogP contribution is -2.28. The molecular weight excluding hydrogens is 412 g/mol. The third-order valence-electron chi connectivity index (χ3n) is 5.15. The van der Waals surface area contributed by atoms with Gasteiger partial charge in [-0.1, -0.05) is 37.3 Å². The zero-order chi connectivity index (χ0) is 22.4. The van der Waals surface area contributed by atoms with E-state index in [1.807, 2.05) is 30.3 Å². The van der Waals surface area contributed by atoms with Crippen molar-refractivity contribution in [2.24, 2.45) is 0 Å². The van der Waals surface area contributed by atoms with Crippen LogP contribution < -0.4 is 14.4 Å². The highest BCUT2D eigenvalue weighted by Gasteiger charge is 2.21. The van der Waals surface area contributed by atoms with Gasteiger partial charge in [0.15, 0.2) is 0 Å². The van der Waals surface area contributed by atoms with Crippen molar-refractivity contribution in [1.29, 1.82) is 0 Å². The molecule has 31 heavy (non-hydrogen) atoms. The van der Waals surface area contributed by atoms with E-state index in [9.17, 15) is 13.2 Å². The van der Waals surface area contributed by atoms with Crippen molar-refractivity contribution in [2.45, 2.75) is 17.7 Å². The molecule has 0 aliphatic rings. The van der Waals surface area contributed by atoms with Crippen molar-refractivity contribution in [1.82, 2.24) is 5.32 Å². The molecule has 0 saturated heterocycles. The number of sulfonamides is 1. The van der Waals surface area contributed by atoms with Gasteiger partial charge in [0.05, 0.1) is 17.7 Å². The van der Waals surface area contributed by atoms with E-state index in [1.165, 1.54) is 30.6 Å². The molecule has 1 atom stereocenters. The number of hydrogen-bond acceptors (Lipinski definition) is 4. The second-order valence-electron chi connectivity index (χ2n) is 7.22. The van der Waals surface area contributed by atoms with Gasteiger partial charge < -0.3 is 10.1 Å². The van der Waals surface area contributed by atoms with E-state index in [2.05, 4.69) is 12.2 Å². The van der Waals surface area contributed by atoms with Crippen LogP contribution in [-0.4, -0.2) is 35.0 Å². The predicted molar refractivity (Wildman–Crippen MR) is 122 cm³/mol. The van der Waals surface area contributed by atoms with Gasteiger partial charge in [-0.3, -0.25) is 9.10 Å². The van der Waals surface area contributed by atoms with E-state index in [1.54, 1.807) is 36.4 Å². The van der Waals surface area contributed by atoms with Crippen LogP contribution in [0.4, 0.5) is 5.69 Å². The highest BCUT2D eigenvalue weighted by molar-refractivity contribution is 7.92. The molecule has 0 radical (unpaired) electrons. The molecule has 0 aliphatic carbocycles. The minimum atomic E-state index is -3.72. The Morgan fingerprint density at radius 2 is 1.58 bits per heavy atom. The lowest BCUT2D eigenvalue weighted by molar-refractivity contribution is 0.0951. The average Bonchev–Trinajstić information content (AvgIpc) is 2.82. The molecule has 3 aromatic carbocycles. The molecule has 0 aliphatic heterocycles. The van der Waals surface area contributed by atoms with Crippen LogP contribution in [0.25, 0.3) is 0 Å². The third-order valence-corrected chi connectivity index (χ3v) is 6.95.